The van der Waals surface area contributed by atoms with Gasteiger partial charge in [0.15, 0.2) is 5.78 Å². The van der Waals surface area contributed by atoms with Gasteiger partial charge in [-0.1, -0.05) is 29.8 Å². The van der Waals surface area contributed by atoms with Crippen molar-refractivity contribution in [2.45, 2.75) is 33.0 Å². The molecule has 5 rings (SSSR count). The van der Waals surface area contributed by atoms with Crippen LogP contribution in [0.5, 0.6) is 5.75 Å². The number of rotatable bonds is 3. The molecule has 2 heterocycles. The number of allylic oxidation sites excluding steroid dienone is 1. The van der Waals surface area contributed by atoms with Crippen LogP contribution in [0, 0.1) is 32.6 Å². The number of hydrogen-bond donors (Lipinski definition) is 1. The Balaban J connectivity index is 1.56. The summed E-state index contributed by atoms with van der Waals surface area (Å²) in [5.41, 5.74) is 6.63. The fraction of sp³-hybridized carbons (Fsp3) is 0.320. The molecule has 4 heteroatoms. The third kappa shape index (κ3) is 2.52. The van der Waals surface area contributed by atoms with Gasteiger partial charge in [0.05, 0.1) is 36.7 Å². The molecule has 2 aromatic rings. The summed E-state index contributed by atoms with van der Waals surface area (Å²) in [6.07, 6.45) is 1.46. The number of fused-ring (bicyclic) bond motifs is 5. The lowest BCUT2D eigenvalue weighted by atomic mass is 9.78. The Labute approximate surface area is 170 Å². The summed E-state index contributed by atoms with van der Waals surface area (Å²) in [7, 11) is 1.64. The van der Waals surface area contributed by atoms with Crippen molar-refractivity contribution in [3.63, 3.8) is 0 Å². The van der Waals surface area contributed by atoms with Crippen molar-refractivity contribution >= 4 is 16.9 Å². The van der Waals surface area contributed by atoms with Gasteiger partial charge in [0.1, 0.15) is 11.5 Å². The van der Waals surface area contributed by atoms with Crippen molar-refractivity contribution in [1.29, 1.82) is 0 Å². The third-order valence-corrected chi connectivity index (χ3v) is 6.49. The minimum Gasteiger partial charge on any atom is -0.511 e. The zero-order chi connectivity index (χ0) is 20.4. The second-order valence-corrected chi connectivity index (χ2v) is 8.32. The van der Waals surface area contributed by atoms with E-state index in [1.165, 1.54) is 0 Å². The molecular weight excluding hydrogens is 364 g/mol. The van der Waals surface area contributed by atoms with E-state index in [1.54, 1.807) is 7.11 Å². The fourth-order valence-electron chi connectivity index (χ4n) is 5.37. The fourth-order valence-corrected chi connectivity index (χ4v) is 5.37. The van der Waals surface area contributed by atoms with Gasteiger partial charge in [-0.3, -0.25) is 4.79 Å². The van der Waals surface area contributed by atoms with E-state index in [9.17, 15) is 9.90 Å². The van der Waals surface area contributed by atoms with Crippen molar-refractivity contribution in [1.82, 2.24) is 0 Å². The molecule has 1 aliphatic carbocycles. The van der Waals surface area contributed by atoms with Crippen LogP contribution in [0.25, 0.3) is 11.1 Å². The molecule has 0 spiro atoms. The predicted octanol–water partition coefficient (Wildman–Crippen LogP) is 4.57. The van der Waals surface area contributed by atoms with Gasteiger partial charge in [0, 0.05) is 0 Å². The van der Waals surface area contributed by atoms with Crippen LogP contribution in [0.15, 0.2) is 48.2 Å². The predicted molar refractivity (Wildman–Crippen MR) is 112 cm³/mol. The molecule has 4 atom stereocenters. The van der Waals surface area contributed by atoms with E-state index >= 15 is 0 Å². The molecule has 4 nitrogen and oxygen atoms in total. The molecule has 29 heavy (non-hydrogen) atoms. The first-order valence-electron chi connectivity index (χ1n) is 9.98. The third-order valence-electron chi connectivity index (χ3n) is 6.49. The Morgan fingerprint density at radius 2 is 1.66 bits per heavy atom. The molecule has 1 N–H and O–H groups in total. The first kappa shape index (κ1) is 18.2. The molecule has 0 unspecified atom stereocenters. The zero-order valence-electron chi connectivity index (χ0n) is 17.0. The molecular formula is C25H24O4. The molecule has 2 aliphatic heterocycles. The summed E-state index contributed by atoms with van der Waals surface area (Å²) < 4.78 is 11.4. The largest absolute Gasteiger partial charge is 0.511 e. The smallest absolute Gasteiger partial charge is 0.173 e. The molecule has 0 aromatic heterocycles. The number of ketones is 1. The van der Waals surface area contributed by atoms with Gasteiger partial charge >= 0.3 is 0 Å². The van der Waals surface area contributed by atoms with Crippen LogP contribution in [0.2, 0.25) is 0 Å². The highest BCUT2D eigenvalue weighted by Crippen LogP contribution is 2.55. The second-order valence-electron chi connectivity index (χ2n) is 8.32. The standard InChI is InChI=1S/C25H24O4/c1-12-9-13(2)19(14(3)10-12)21-23(26)20-18-11-17(25(29-18)22(20)24(21)27)15-5-7-16(28-4)8-6-15/h5-11,18,20,22,25,27H,1-4H3/t18-,20-,22+,25+/m0/s1. The van der Waals surface area contributed by atoms with E-state index in [0.717, 1.165) is 39.1 Å². The van der Waals surface area contributed by atoms with Crippen LogP contribution in [-0.2, 0) is 9.53 Å². The topological polar surface area (TPSA) is 55.8 Å². The molecule has 3 aliphatic rings. The lowest BCUT2D eigenvalue weighted by Gasteiger charge is -2.21. The summed E-state index contributed by atoms with van der Waals surface area (Å²) >= 11 is 0. The van der Waals surface area contributed by atoms with Gasteiger partial charge in [0.25, 0.3) is 0 Å². The lowest BCUT2D eigenvalue weighted by molar-refractivity contribution is -0.118. The quantitative estimate of drug-likeness (QED) is 0.837. The molecule has 2 bridgehead atoms. The molecule has 0 saturated carbocycles. The Kier molecular flexibility index (Phi) is 3.97. The van der Waals surface area contributed by atoms with Crippen LogP contribution in [-0.4, -0.2) is 30.2 Å². The summed E-state index contributed by atoms with van der Waals surface area (Å²) in [6.45, 7) is 6.05. The minimum absolute atomic E-state index is 0.0000778. The Morgan fingerprint density at radius 3 is 2.28 bits per heavy atom. The summed E-state index contributed by atoms with van der Waals surface area (Å²) in [5.74, 6) is 0.325. The van der Waals surface area contributed by atoms with Crippen molar-refractivity contribution in [2.24, 2.45) is 11.8 Å². The Hall–Kier alpha value is -2.85. The first-order valence-corrected chi connectivity index (χ1v) is 9.98. The molecule has 148 valence electrons. The van der Waals surface area contributed by atoms with Crippen LogP contribution in [0.3, 0.4) is 0 Å². The Bertz CT molecular complexity index is 1070. The normalized spacial score (nSPS) is 27.4. The second kappa shape index (κ2) is 6.33. The number of aryl methyl sites for hydroxylation is 3. The van der Waals surface area contributed by atoms with E-state index in [1.807, 2.05) is 45.0 Å². The van der Waals surface area contributed by atoms with Crippen LogP contribution >= 0.6 is 0 Å². The van der Waals surface area contributed by atoms with Crippen LogP contribution in [0.4, 0.5) is 0 Å². The minimum atomic E-state index is -0.336. The lowest BCUT2D eigenvalue weighted by Crippen LogP contribution is -2.28. The number of benzene rings is 2. The van der Waals surface area contributed by atoms with Crippen molar-refractivity contribution in [2.75, 3.05) is 7.11 Å². The van der Waals surface area contributed by atoms with Crippen molar-refractivity contribution < 1.29 is 19.4 Å². The van der Waals surface area contributed by atoms with E-state index < -0.39 is 0 Å². The number of Topliss-reactive ketones (excluding diaryl/α,β-unsaturated/α-hetero) is 1. The highest BCUT2D eigenvalue weighted by Gasteiger charge is 2.59. The zero-order valence-corrected chi connectivity index (χ0v) is 17.0. The van der Waals surface area contributed by atoms with E-state index in [4.69, 9.17) is 9.47 Å². The van der Waals surface area contributed by atoms with Crippen molar-refractivity contribution in [3.05, 3.63) is 76.1 Å². The maximum Gasteiger partial charge on any atom is 0.173 e. The van der Waals surface area contributed by atoms with Crippen LogP contribution < -0.4 is 4.74 Å². The number of carbonyl (C=O) groups is 1. The average Bonchev–Trinajstić information content (AvgIpc) is 3.34. The molecule has 2 aromatic carbocycles. The average molecular weight is 388 g/mol. The molecule has 1 fully saturated rings. The van der Waals surface area contributed by atoms with Gasteiger partial charge < -0.3 is 14.6 Å². The van der Waals surface area contributed by atoms with Crippen LogP contribution in [0.1, 0.15) is 27.8 Å². The molecule has 1 saturated heterocycles. The first-order chi connectivity index (χ1) is 13.9. The van der Waals surface area contributed by atoms with Gasteiger partial charge in [-0.05, 0) is 66.8 Å². The number of aliphatic hydroxyl groups excluding tert-OH is 1. The molecule has 0 amide bonds. The van der Waals surface area contributed by atoms with E-state index in [-0.39, 0.29) is 35.6 Å². The summed E-state index contributed by atoms with van der Waals surface area (Å²) in [6, 6.07) is 12.0. The maximum absolute atomic E-state index is 13.4. The highest BCUT2D eigenvalue weighted by atomic mass is 16.5. The number of aliphatic hydroxyl groups is 1. The van der Waals surface area contributed by atoms with Crippen molar-refractivity contribution in [3.8, 4) is 5.75 Å². The number of ether oxygens (including phenoxy) is 2. The van der Waals surface area contributed by atoms with Gasteiger partial charge in [-0.2, -0.15) is 0 Å². The number of carbonyl (C=O) groups excluding carboxylic acids is 1. The van der Waals surface area contributed by atoms with E-state index in [2.05, 4.69) is 18.2 Å². The maximum atomic E-state index is 13.4. The van der Waals surface area contributed by atoms with E-state index in [0.29, 0.717) is 5.57 Å². The van der Waals surface area contributed by atoms with Gasteiger partial charge in [0.2, 0.25) is 0 Å². The van der Waals surface area contributed by atoms with Gasteiger partial charge in [-0.25, -0.2) is 0 Å². The molecule has 0 radical (unpaired) electrons. The monoisotopic (exact) mass is 388 g/mol. The van der Waals surface area contributed by atoms with Gasteiger partial charge in [-0.15, -0.1) is 0 Å². The summed E-state index contributed by atoms with van der Waals surface area (Å²) in [4.78, 5) is 13.4. The number of hydrogen-bond acceptors (Lipinski definition) is 4. The SMILES string of the molecule is COc1ccc(C2=C[C@@H]3O[C@H]2[C@H]2C(O)=C(c4c(C)cc(C)cc4C)C(=O)[C@H]23)cc1. The number of methoxy groups -OCH3 is 1. The summed E-state index contributed by atoms with van der Waals surface area (Å²) in [5, 5.41) is 11.2. The highest BCUT2D eigenvalue weighted by molar-refractivity contribution is 6.26. The Morgan fingerprint density at radius 1 is 1.00 bits per heavy atom.